The van der Waals surface area contributed by atoms with E-state index < -0.39 is 0 Å². The molecule has 1 N–H and O–H groups in total. The fourth-order valence-corrected chi connectivity index (χ4v) is 5.65. The van der Waals surface area contributed by atoms with Gasteiger partial charge in [-0.2, -0.15) is 4.57 Å². The third-order valence-corrected chi connectivity index (χ3v) is 8.03. The normalized spacial score (nSPS) is 11.1. The van der Waals surface area contributed by atoms with Crippen molar-refractivity contribution < 1.29 is 14.1 Å². The number of benzene rings is 2. The molecule has 0 saturated heterocycles. The van der Waals surface area contributed by atoms with Gasteiger partial charge in [0.15, 0.2) is 11.3 Å². The van der Waals surface area contributed by atoms with Crippen LogP contribution in [0.5, 0.6) is 5.75 Å². The highest BCUT2D eigenvalue weighted by Gasteiger charge is 2.18. The van der Waals surface area contributed by atoms with Crippen molar-refractivity contribution in [3.63, 3.8) is 0 Å². The van der Waals surface area contributed by atoms with Crippen LogP contribution in [0.4, 0.5) is 0 Å². The first-order chi connectivity index (χ1) is 19.7. The number of nitrogens with zero attached hydrogens (tertiary/aromatic N) is 2. The van der Waals surface area contributed by atoms with Crippen molar-refractivity contribution in [1.82, 2.24) is 10.3 Å². The molecule has 5 heteroatoms. The van der Waals surface area contributed by atoms with Gasteiger partial charge in [0, 0.05) is 31.5 Å². The van der Waals surface area contributed by atoms with Gasteiger partial charge in [0.25, 0.3) is 0 Å². The van der Waals surface area contributed by atoms with Gasteiger partial charge in [0.1, 0.15) is 12.1 Å². The van der Waals surface area contributed by atoms with E-state index in [9.17, 15) is 4.79 Å². The zero-order valence-corrected chi connectivity index (χ0v) is 26.4. The number of amides is 1. The molecule has 0 saturated carbocycles. The number of carbonyl (C=O) groups is 1. The van der Waals surface area contributed by atoms with Crippen LogP contribution in [0.25, 0.3) is 22.1 Å². The van der Waals surface area contributed by atoms with Crippen molar-refractivity contribution in [2.45, 2.75) is 129 Å². The molecule has 0 radical (unpaired) electrons. The van der Waals surface area contributed by atoms with Crippen LogP contribution in [0.3, 0.4) is 0 Å². The number of aromatic nitrogens is 2. The summed E-state index contributed by atoms with van der Waals surface area (Å²) in [6.45, 7) is 4.11. The summed E-state index contributed by atoms with van der Waals surface area (Å²) in [4.78, 5) is 17.0. The molecule has 3 aromatic rings. The molecule has 2 aromatic carbocycles. The summed E-state index contributed by atoms with van der Waals surface area (Å²) in [6, 6.07) is 14.6. The predicted octanol–water partition coefficient (Wildman–Crippen LogP) is 9.29. The Bertz CT molecular complexity index is 1130. The van der Waals surface area contributed by atoms with Crippen LogP contribution >= 0.6 is 0 Å². The molecule has 3 rings (SSSR count). The first kappa shape index (κ1) is 34.5. The van der Waals surface area contributed by atoms with Crippen LogP contribution in [0.1, 0.15) is 122 Å². The van der Waals surface area contributed by atoms with E-state index in [-0.39, 0.29) is 13.3 Å². The zero-order chi connectivity index (χ0) is 28.3. The lowest BCUT2D eigenvalue weighted by atomic mass is 10.1. The monoisotopic (exact) mass is 563 g/mol. The topological polar surface area (TPSA) is 55.1 Å². The third-order valence-electron chi connectivity index (χ3n) is 8.03. The molecule has 0 aliphatic heterocycles. The van der Waals surface area contributed by atoms with Crippen molar-refractivity contribution in [2.75, 3.05) is 13.7 Å². The van der Waals surface area contributed by atoms with Gasteiger partial charge in [-0.05, 0) is 31.4 Å². The molecule has 228 valence electrons. The first-order valence-electron chi connectivity index (χ1n) is 16.3. The maximum Gasteiger partial charge on any atom is 0.235 e. The molecule has 0 aliphatic rings. The number of ether oxygens (including phenoxy) is 1. The summed E-state index contributed by atoms with van der Waals surface area (Å²) in [5.74, 6) is 1.07. The molecule has 0 spiro atoms. The number of rotatable bonds is 22. The molecule has 0 unspecified atom stereocenters. The van der Waals surface area contributed by atoms with Crippen LogP contribution in [0, 0.1) is 7.43 Å². The third kappa shape index (κ3) is 12.4. The number of carbonyl (C=O) groups excluding carboxylic acids is 1. The summed E-state index contributed by atoms with van der Waals surface area (Å²) in [6.07, 6.45) is 22.2. The number of methoxy groups -OCH3 is 1. The molecule has 1 heterocycles. The van der Waals surface area contributed by atoms with E-state index in [0.717, 1.165) is 61.1 Å². The van der Waals surface area contributed by atoms with E-state index in [1.54, 1.807) is 7.11 Å². The molecule has 1 amide bonds. The second-order valence-electron chi connectivity index (χ2n) is 11.3. The Morgan fingerprint density at radius 3 is 2.00 bits per heavy atom. The number of hydrogen-bond donors (Lipinski definition) is 1. The maximum atomic E-state index is 12.1. The Morgan fingerprint density at radius 2 is 1.32 bits per heavy atom. The Balaban J connectivity index is 0.00000588. The molecular formula is C36H57N3O2. The smallest absolute Gasteiger partial charge is 0.235 e. The van der Waals surface area contributed by atoms with E-state index >= 15 is 0 Å². The highest BCUT2D eigenvalue weighted by atomic mass is 16.5. The van der Waals surface area contributed by atoms with Crippen LogP contribution in [-0.4, -0.2) is 24.5 Å². The van der Waals surface area contributed by atoms with Gasteiger partial charge in [-0.3, -0.25) is 4.79 Å². The molecular weight excluding hydrogens is 506 g/mol. The Kier molecular flexibility index (Phi) is 17.7. The summed E-state index contributed by atoms with van der Waals surface area (Å²) in [5, 5.41) is 3.12. The number of nitrogens with one attached hydrogen (secondary N) is 1. The summed E-state index contributed by atoms with van der Waals surface area (Å²) < 4.78 is 7.99. The Morgan fingerprint density at radius 1 is 0.732 bits per heavy atom. The molecule has 0 bridgehead atoms. The van der Waals surface area contributed by atoms with Crippen LogP contribution in [0.15, 0.2) is 42.5 Å². The van der Waals surface area contributed by atoms with Gasteiger partial charge in [-0.25, -0.2) is 4.98 Å². The average molecular weight is 564 g/mol. The standard InChI is InChI=1S/C35H53N3O2.CH3/c1-3-4-5-6-7-9-12-15-20-28-36-34(39)27-17-14-11-8-10-13-16-21-29-38-31-24-19-18-23-30(31)37-35-32(38)25-22-26-33(35)40-2;/h18-19,22-26H,3-17,20-21,27-29H2,1-2H3;1H3/q;-1/p+1. The van der Waals surface area contributed by atoms with Gasteiger partial charge in [-0.1, -0.05) is 109 Å². The SMILES string of the molecule is CCCCCCCCCCCNC(=O)CCCCCCCCCC[n+]1c2ccccc2nc2c(OC)cccc21.[CH3-]. The number of fused-ring (bicyclic) bond motifs is 2. The first-order valence-corrected chi connectivity index (χ1v) is 16.3. The van der Waals surface area contributed by atoms with E-state index in [1.165, 1.54) is 89.0 Å². The average Bonchev–Trinajstić information content (AvgIpc) is 2.98. The quantitative estimate of drug-likeness (QED) is 0.0573. The number of aryl methyl sites for hydroxylation is 1. The van der Waals surface area contributed by atoms with Gasteiger partial charge in [-0.15, -0.1) is 0 Å². The largest absolute Gasteiger partial charge is 0.494 e. The molecule has 5 nitrogen and oxygen atoms in total. The lowest BCUT2D eigenvalue weighted by Gasteiger charge is -2.08. The Hall–Kier alpha value is -2.69. The minimum absolute atomic E-state index is 0. The molecule has 0 aliphatic carbocycles. The van der Waals surface area contributed by atoms with Gasteiger partial charge < -0.3 is 17.5 Å². The second-order valence-corrected chi connectivity index (χ2v) is 11.3. The van der Waals surface area contributed by atoms with E-state index in [2.05, 4.69) is 47.1 Å². The van der Waals surface area contributed by atoms with Gasteiger partial charge in [0.05, 0.1) is 7.11 Å². The van der Waals surface area contributed by atoms with E-state index in [4.69, 9.17) is 9.72 Å². The molecule has 0 fully saturated rings. The van der Waals surface area contributed by atoms with Crippen LogP contribution in [-0.2, 0) is 11.3 Å². The van der Waals surface area contributed by atoms with Crippen molar-refractivity contribution >= 4 is 28.0 Å². The zero-order valence-electron chi connectivity index (χ0n) is 26.4. The molecule has 0 atom stereocenters. The van der Waals surface area contributed by atoms with Gasteiger partial charge >= 0.3 is 0 Å². The van der Waals surface area contributed by atoms with Crippen molar-refractivity contribution in [2.24, 2.45) is 0 Å². The highest BCUT2D eigenvalue weighted by Crippen LogP contribution is 2.24. The minimum Gasteiger partial charge on any atom is -0.494 e. The summed E-state index contributed by atoms with van der Waals surface area (Å²) >= 11 is 0. The number of unbranched alkanes of at least 4 members (excludes halogenated alkanes) is 15. The van der Waals surface area contributed by atoms with E-state index in [1.807, 2.05) is 12.1 Å². The lowest BCUT2D eigenvalue weighted by molar-refractivity contribution is -0.646. The Labute approximate surface area is 250 Å². The fourth-order valence-electron chi connectivity index (χ4n) is 5.65. The fraction of sp³-hybridized carbons (Fsp3) is 0.611. The maximum absolute atomic E-state index is 12.1. The minimum atomic E-state index is 0. The van der Waals surface area contributed by atoms with Gasteiger partial charge in [0.2, 0.25) is 16.9 Å². The lowest BCUT2D eigenvalue weighted by Crippen LogP contribution is -2.36. The molecule has 1 aromatic heterocycles. The number of para-hydroxylation sites is 3. The van der Waals surface area contributed by atoms with E-state index in [0.29, 0.717) is 6.42 Å². The molecule has 41 heavy (non-hydrogen) atoms. The summed E-state index contributed by atoms with van der Waals surface area (Å²) in [7, 11) is 1.71. The second kappa shape index (κ2) is 21.1. The number of hydrogen-bond acceptors (Lipinski definition) is 3. The van der Waals surface area contributed by atoms with Crippen LogP contribution in [0.2, 0.25) is 0 Å². The highest BCUT2D eigenvalue weighted by molar-refractivity contribution is 5.85. The van der Waals surface area contributed by atoms with Crippen molar-refractivity contribution in [3.05, 3.63) is 49.9 Å². The predicted molar refractivity (Wildman–Crippen MR) is 174 cm³/mol. The van der Waals surface area contributed by atoms with Crippen molar-refractivity contribution in [1.29, 1.82) is 0 Å². The van der Waals surface area contributed by atoms with Crippen LogP contribution < -0.4 is 14.6 Å². The summed E-state index contributed by atoms with van der Waals surface area (Å²) in [5.41, 5.74) is 4.26. The van der Waals surface area contributed by atoms with Crippen molar-refractivity contribution in [3.8, 4) is 5.75 Å².